The number of carbonyl (C=O) groups is 2. The Kier molecular flexibility index (Phi) is 6.95. The molecule has 3 aromatic rings. The summed E-state index contributed by atoms with van der Waals surface area (Å²) < 4.78 is 11.2. The Labute approximate surface area is 184 Å². The standard InChI is InChI=1S/C24H20ClNO5/c1-30-22-12-15(8-9-21(28)17-5-3-7-19(27)13-17)11-20(25)23(22)31-14-16-4-2-6-18(10-16)24(26)29/h2-13,27H,14H2,1H3,(H2,26,29)/b9-8+. The van der Waals surface area contributed by atoms with E-state index in [2.05, 4.69) is 0 Å². The van der Waals surface area contributed by atoms with E-state index in [1.807, 2.05) is 0 Å². The van der Waals surface area contributed by atoms with Crippen molar-refractivity contribution in [1.29, 1.82) is 0 Å². The van der Waals surface area contributed by atoms with Crippen LogP contribution in [0.3, 0.4) is 0 Å². The average Bonchev–Trinajstić information content (AvgIpc) is 2.76. The van der Waals surface area contributed by atoms with Crippen molar-refractivity contribution in [2.45, 2.75) is 6.61 Å². The first-order valence-corrected chi connectivity index (χ1v) is 9.65. The van der Waals surface area contributed by atoms with E-state index in [1.165, 1.54) is 25.3 Å². The van der Waals surface area contributed by atoms with Crippen LogP contribution in [0.2, 0.25) is 5.02 Å². The molecule has 158 valence electrons. The van der Waals surface area contributed by atoms with Gasteiger partial charge in [-0.3, -0.25) is 9.59 Å². The maximum atomic E-state index is 12.3. The molecule has 7 heteroatoms. The number of phenolic OH excluding ortho intramolecular Hbond substituents is 1. The molecule has 0 saturated heterocycles. The minimum atomic E-state index is -0.520. The molecular formula is C24H20ClNO5. The topological polar surface area (TPSA) is 98.8 Å². The highest BCUT2D eigenvalue weighted by atomic mass is 35.5. The molecule has 0 heterocycles. The fourth-order valence-electron chi connectivity index (χ4n) is 2.87. The molecule has 0 bridgehead atoms. The number of hydrogen-bond acceptors (Lipinski definition) is 5. The third-order valence-corrected chi connectivity index (χ3v) is 4.69. The van der Waals surface area contributed by atoms with E-state index >= 15 is 0 Å². The number of carbonyl (C=O) groups excluding carboxylic acids is 2. The van der Waals surface area contributed by atoms with Crippen molar-refractivity contribution in [1.82, 2.24) is 0 Å². The van der Waals surface area contributed by atoms with Crippen LogP contribution in [0.4, 0.5) is 0 Å². The zero-order valence-corrected chi connectivity index (χ0v) is 17.4. The number of aromatic hydroxyl groups is 1. The van der Waals surface area contributed by atoms with Gasteiger partial charge < -0.3 is 20.3 Å². The lowest BCUT2D eigenvalue weighted by Gasteiger charge is -2.13. The van der Waals surface area contributed by atoms with Crippen molar-refractivity contribution in [3.05, 3.63) is 94.0 Å². The molecule has 3 aromatic carbocycles. The number of amides is 1. The summed E-state index contributed by atoms with van der Waals surface area (Å²) in [6, 6.07) is 16.2. The largest absolute Gasteiger partial charge is 0.508 e. The molecule has 6 nitrogen and oxygen atoms in total. The van der Waals surface area contributed by atoms with Crippen LogP contribution in [0.25, 0.3) is 6.08 Å². The van der Waals surface area contributed by atoms with Gasteiger partial charge in [0.15, 0.2) is 17.3 Å². The zero-order valence-electron chi connectivity index (χ0n) is 16.7. The van der Waals surface area contributed by atoms with E-state index < -0.39 is 5.91 Å². The van der Waals surface area contributed by atoms with Gasteiger partial charge in [-0.05, 0) is 53.6 Å². The highest BCUT2D eigenvalue weighted by molar-refractivity contribution is 6.32. The molecule has 3 N–H and O–H groups in total. The van der Waals surface area contributed by atoms with Crippen LogP contribution in [0, 0.1) is 0 Å². The molecule has 0 aromatic heterocycles. The van der Waals surface area contributed by atoms with Crippen LogP contribution >= 0.6 is 11.6 Å². The summed E-state index contributed by atoms with van der Waals surface area (Å²) in [5.41, 5.74) is 7.44. The lowest BCUT2D eigenvalue weighted by Crippen LogP contribution is -2.11. The first-order chi connectivity index (χ1) is 14.9. The number of ether oxygens (including phenoxy) is 2. The van der Waals surface area contributed by atoms with Gasteiger partial charge in [0.25, 0.3) is 0 Å². The van der Waals surface area contributed by atoms with Crippen molar-refractivity contribution in [2.75, 3.05) is 7.11 Å². The van der Waals surface area contributed by atoms with Gasteiger partial charge >= 0.3 is 0 Å². The number of hydrogen-bond donors (Lipinski definition) is 2. The molecule has 31 heavy (non-hydrogen) atoms. The predicted octanol–water partition coefficient (Wildman–Crippen LogP) is 4.63. The molecule has 0 aliphatic carbocycles. The number of nitrogens with two attached hydrogens (primary N) is 1. The minimum Gasteiger partial charge on any atom is -0.508 e. The molecule has 3 rings (SSSR count). The normalized spacial score (nSPS) is 10.8. The van der Waals surface area contributed by atoms with Gasteiger partial charge in [0.1, 0.15) is 12.4 Å². The molecule has 0 aliphatic rings. The number of phenols is 1. The first kappa shape index (κ1) is 21.9. The van der Waals surface area contributed by atoms with Crippen LogP contribution in [0.5, 0.6) is 17.2 Å². The smallest absolute Gasteiger partial charge is 0.248 e. The zero-order chi connectivity index (χ0) is 22.4. The van der Waals surface area contributed by atoms with Gasteiger partial charge in [0.05, 0.1) is 12.1 Å². The highest BCUT2D eigenvalue weighted by Crippen LogP contribution is 2.37. The van der Waals surface area contributed by atoms with Gasteiger partial charge in [-0.1, -0.05) is 41.9 Å². The summed E-state index contributed by atoms with van der Waals surface area (Å²) in [6.07, 6.45) is 2.98. The lowest BCUT2D eigenvalue weighted by atomic mass is 10.1. The van der Waals surface area contributed by atoms with Gasteiger partial charge in [0, 0.05) is 11.1 Å². The summed E-state index contributed by atoms with van der Waals surface area (Å²) in [6.45, 7) is 0.155. The van der Waals surface area contributed by atoms with Crippen LogP contribution in [-0.2, 0) is 6.61 Å². The van der Waals surface area contributed by atoms with E-state index in [9.17, 15) is 14.7 Å². The van der Waals surface area contributed by atoms with Crippen LogP contribution in [0.1, 0.15) is 31.8 Å². The van der Waals surface area contributed by atoms with Crippen molar-refractivity contribution in [3.8, 4) is 17.2 Å². The van der Waals surface area contributed by atoms with Crippen LogP contribution < -0.4 is 15.2 Å². The van der Waals surface area contributed by atoms with E-state index in [4.69, 9.17) is 26.8 Å². The Hall–Kier alpha value is -3.77. The summed E-state index contributed by atoms with van der Waals surface area (Å²) in [5.74, 6) is -0.0329. The van der Waals surface area contributed by atoms with Gasteiger partial charge in [-0.15, -0.1) is 0 Å². The minimum absolute atomic E-state index is 0.0202. The number of benzene rings is 3. The van der Waals surface area contributed by atoms with E-state index in [-0.39, 0.29) is 18.1 Å². The van der Waals surface area contributed by atoms with Crippen molar-refractivity contribution >= 4 is 29.4 Å². The fourth-order valence-corrected chi connectivity index (χ4v) is 3.15. The second-order valence-corrected chi connectivity index (χ2v) is 7.04. The molecule has 0 fully saturated rings. The number of halogens is 1. The summed E-state index contributed by atoms with van der Waals surface area (Å²) >= 11 is 6.38. The van der Waals surface area contributed by atoms with Crippen LogP contribution in [-0.4, -0.2) is 23.9 Å². The van der Waals surface area contributed by atoms with Gasteiger partial charge in [-0.25, -0.2) is 0 Å². The van der Waals surface area contributed by atoms with Gasteiger partial charge in [-0.2, -0.15) is 0 Å². The Morgan fingerprint density at radius 1 is 1.06 bits per heavy atom. The fraction of sp³-hybridized carbons (Fsp3) is 0.0833. The maximum Gasteiger partial charge on any atom is 0.248 e. The molecule has 0 aliphatic heterocycles. The quantitative estimate of drug-likeness (QED) is 0.395. The third kappa shape index (κ3) is 5.65. The molecule has 0 unspecified atom stereocenters. The molecule has 0 radical (unpaired) electrons. The highest BCUT2D eigenvalue weighted by Gasteiger charge is 2.13. The second kappa shape index (κ2) is 9.82. The number of allylic oxidation sites excluding steroid dienone is 1. The maximum absolute atomic E-state index is 12.3. The first-order valence-electron chi connectivity index (χ1n) is 9.28. The molecule has 0 spiro atoms. The molecule has 0 saturated carbocycles. The van der Waals surface area contributed by atoms with Crippen LogP contribution in [0.15, 0.2) is 66.7 Å². The van der Waals surface area contributed by atoms with E-state index in [0.29, 0.717) is 33.2 Å². The molecule has 0 atom stereocenters. The Bertz CT molecular complexity index is 1160. The SMILES string of the molecule is COc1cc(/C=C/C(=O)c2cccc(O)c2)cc(Cl)c1OCc1cccc(C(N)=O)c1. The van der Waals surface area contributed by atoms with Crippen molar-refractivity contribution in [2.24, 2.45) is 5.73 Å². The van der Waals surface area contributed by atoms with Crippen molar-refractivity contribution < 1.29 is 24.2 Å². The van der Waals surface area contributed by atoms with Crippen molar-refractivity contribution in [3.63, 3.8) is 0 Å². The number of primary amides is 1. The summed E-state index contributed by atoms with van der Waals surface area (Å²) in [5, 5.41) is 9.81. The number of methoxy groups -OCH3 is 1. The Morgan fingerprint density at radius 2 is 1.81 bits per heavy atom. The molecule has 1 amide bonds. The summed E-state index contributed by atoms with van der Waals surface area (Å²) in [7, 11) is 1.48. The second-order valence-electron chi connectivity index (χ2n) is 6.64. The molecular weight excluding hydrogens is 418 g/mol. The van der Waals surface area contributed by atoms with E-state index in [0.717, 1.165) is 5.56 Å². The third-order valence-electron chi connectivity index (χ3n) is 4.40. The van der Waals surface area contributed by atoms with E-state index in [1.54, 1.807) is 54.6 Å². The van der Waals surface area contributed by atoms with Gasteiger partial charge in [0.2, 0.25) is 5.91 Å². The monoisotopic (exact) mass is 437 g/mol. The Morgan fingerprint density at radius 3 is 2.52 bits per heavy atom. The summed E-state index contributed by atoms with van der Waals surface area (Å²) in [4.78, 5) is 23.6. The number of rotatable bonds is 8. The number of ketones is 1. The average molecular weight is 438 g/mol. The Balaban J connectivity index is 1.77. The predicted molar refractivity (Wildman–Crippen MR) is 119 cm³/mol. The lowest BCUT2D eigenvalue weighted by molar-refractivity contribution is 0.0998.